The number of aromatic nitrogens is 2. The Kier molecular flexibility index (Phi) is 3.88. The van der Waals surface area contributed by atoms with Gasteiger partial charge in [0.2, 0.25) is 0 Å². The van der Waals surface area contributed by atoms with Crippen molar-refractivity contribution in [2.75, 3.05) is 6.61 Å². The van der Waals surface area contributed by atoms with Crippen LogP contribution in [0.4, 0.5) is 0 Å². The van der Waals surface area contributed by atoms with E-state index in [1.807, 2.05) is 50.3 Å². The summed E-state index contributed by atoms with van der Waals surface area (Å²) in [6, 6.07) is 0. The maximum atomic E-state index is 11.6. The number of halogens is 1. The summed E-state index contributed by atoms with van der Waals surface area (Å²) >= 11 is 1.99. The van der Waals surface area contributed by atoms with Gasteiger partial charge in [0.25, 0.3) is 5.56 Å². The van der Waals surface area contributed by atoms with Crippen molar-refractivity contribution in [2.24, 2.45) is 0 Å². The highest BCUT2D eigenvalue weighted by Gasteiger charge is 2.24. The molecule has 84 valence electrons. The van der Waals surface area contributed by atoms with Crippen molar-refractivity contribution in [1.29, 1.82) is 0 Å². The number of nitrogens with one attached hydrogen (secondary N) is 1. The first kappa shape index (κ1) is 12.6. The van der Waals surface area contributed by atoms with E-state index in [2.05, 4.69) is 9.97 Å². The Morgan fingerprint density at radius 2 is 2.13 bits per heavy atom. The third-order valence-corrected chi connectivity index (χ3v) is 3.37. The molecule has 1 aromatic heterocycles. The molecule has 0 aliphatic heterocycles. The molecule has 0 radical (unpaired) electrons. The van der Waals surface area contributed by atoms with E-state index in [0.29, 0.717) is 16.0 Å². The molecular weight excluding hydrogens is 307 g/mol. The second-order valence-corrected chi connectivity index (χ2v) is 4.84. The summed E-state index contributed by atoms with van der Waals surface area (Å²) in [4.78, 5) is 18.6. The van der Waals surface area contributed by atoms with E-state index in [0.717, 1.165) is 5.69 Å². The first-order chi connectivity index (χ1) is 6.88. The molecule has 0 aliphatic carbocycles. The third kappa shape index (κ3) is 2.78. The molecule has 1 aromatic rings. The third-order valence-electron chi connectivity index (χ3n) is 2.10. The Balaban J connectivity index is 3.22. The van der Waals surface area contributed by atoms with Gasteiger partial charge < -0.3 is 9.72 Å². The number of aryl methyl sites for hydroxylation is 1. The predicted molar refractivity (Wildman–Crippen MR) is 67.0 cm³/mol. The van der Waals surface area contributed by atoms with Crippen LogP contribution in [0.25, 0.3) is 0 Å². The standard InChI is InChI=1S/C10H15IN2O2/c1-5-15-10(3,4)9-12-6(2)7(11)8(14)13-9/h5H2,1-4H3,(H,12,13,14). The van der Waals surface area contributed by atoms with Crippen LogP contribution in [-0.4, -0.2) is 16.6 Å². The van der Waals surface area contributed by atoms with Gasteiger partial charge in [0, 0.05) is 6.61 Å². The fourth-order valence-corrected chi connectivity index (χ4v) is 1.54. The van der Waals surface area contributed by atoms with Gasteiger partial charge >= 0.3 is 0 Å². The topological polar surface area (TPSA) is 55.0 Å². The van der Waals surface area contributed by atoms with Crippen LogP contribution in [0.2, 0.25) is 0 Å². The lowest BCUT2D eigenvalue weighted by Crippen LogP contribution is -2.29. The Morgan fingerprint density at radius 3 is 2.60 bits per heavy atom. The Labute approximate surface area is 103 Å². The average Bonchev–Trinajstić information content (AvgIpc) is 2.13. The second kappa shape index (κ2) is 4.61. The minimum atomic E-state index is -0.553. The highest BCUT2D eigenvalue weighted by atomic mass is 127. The van der Waals surface area contributed by atoms with E-state index >= 15 is 0 Å². The van der Waals surface area contributed by atoms with Crippen LogP contribution in [-0.2, 0) is 10.3 Å². The number of nitrogens with zero attached hydrogens (tertiary/aromatic N) is 1. The van der Waals surface area contributed by atoms with Crippen LogP contribution in [0, 0.1) is 10.5 Å². The largest absolute Gasteiger partial charge is 0.368 e. The van der Waals surface area contributed by atoms with Crippen molar-refractivity contribution in [1.82, 2.24) is 9.97 Å². The van der Waals surface area contributed by atoms with Gasteiger partial charge in [-0.05, 0) is 50.3 Å². The predicted octanol–water partition coefficient (Wildman–Crippen LogP) is 1.95. The first-order valence-electron chi connectivity index (χ1n) is 4.79. The Bertz CT molecular complexity index is 412. The zero-order valence-electron chi connectivity index (χ0n) is 9.35. The van der Waals surface area contributed by atoms with E-state index in [9.17, 15) is 4.79 Å². The lowest BCUT2D eigenvalue weighted by atomic mass is 10.1. The van der Waals surface area contributed by atoms with Crippen molar-refractivity contribution in [3.63, 3.8) is 0 Å². The summed E-state index contributed by atoms with van der Waals surface area (Å²) in [5.41, 5.74) is 0.0798. The van der Waals surface area contributed by atoms with Gasteiger partial charge in [0.1, 0.15) is 11.4 Å². The average molecular weight is 322 g/mol. The molecule has 0 saturated heterocycles. The van der Waals surface area contributed by atoms with Gasteiger partial charge in [-0.3, -0.25) is 4.79 Å². The normalized spacial score (nSPS) is 11.8. The van der Waals surface area contributed by atoms with Crippen molar-refractivity contribution < 1.29 is 4.74 Å². The number of ether oxygens (including phenoxy) is 1. The lowest BCUT2D eigenvalue weighted by Gasteiger charge is -2.23. The number of rotatable bonds is 3. The van der Waals surface area contributed by atoms with E-state index in [4.69, 9.17) is 4.74 Å². The molecule has 0 unspecified atom stereocenters. The maximum Gasteiger partial charge on any atom is 0.264 e. The molecule has 0 bridgehead atoms. The second-order valence-electron chi connectivity index (χ2n) is 3.76. The molecule has 4 nitrogen and oxygen atoms in total. The monoisotopic (exact) mass is 322 g/mol. The number of aromatic amines is 1. The Hall–Kier alpha value is -0.430. The van der Waals surface area contributed by atoms with Crippen LogP contribution in [0.1, 0.15) is 32.3 Å². The van der Waals surface area contributed by atoms with Crippen LogP contribution in [0.5, 0.6) is 0 Å². The zero-order chi connectivity index (χ0) is 11.6. The number of hydrogen-bond acceptors (Lipinski definition) is 3. The summed E-state index contributed by atoms with van der Waals surface area (Å²) < 4.78 is 6.16. The van der Waals surface area contributed by atoms with Gasteiger partial charge in [-0.15, -0.1) is 0 Å². The minimum Gasteiger partial charge on any atom is -0.368 e. The number of hydrogen-bond donors (Lipinski definition) is 1. The fraction of sp³-hybridized carbons (Fsp3) is 0.600. The molecule has 0 spiro atoms. The molecule has 1 heterocycles. The van der Waals surface area contributed by atoms with Crippen LogP contribution in [0.15, 0.2) is 4.79 Å². The molecule has 5 heteroatoms. The zero-order valence-corrected chi connectivity index (χ0v) is 11.5. The van der Waals surface area contributed by atoms with Crippen LogP contribution in [0.3, 0.4) is 0 Å². The Morgan fingerprint density at radius 1 is 1.53 bits per heavy atom. The van der Waals surface area contributed by atoms with Crippen LogP contribution >= 0.6 is 22.6 Å². The molecular formula is C10H15IN2O2. The molecule has 1 N–H and O–H groups in total. The van der Waals surface area contributed by atoms with Crippen molar-refractivity contribution in [3.05, 3.63) is 25.4 Å². The fourth-order valence-electron chi connectivity index (χ4n) is 1.29. The molecule has 0 saturated carbocycles. The summed E-state index contributed by atoms with van der Waals surface area (Å²) in [7, 11) is 0. The SMILES string of the molecule is CCOC(C)(C)c1nc(C)c(I)c(=O)[nH]1. The highest BCUT2D eigenvalue weighted by Crippen LogP contribution is 2.20. The summed E-state index contributed by atoms with van der Waals surface area (Å²) in [6.45, 7) is 8.10. The summed E-state index contributed by atoms with van der Waals surface area (Å²) in [5, 5.41) is 0. The molecule has 0 amide bonds. The van der Waals surface area contributed by atoms with Crippen molar-refractivity contribution in [2.45, 2.75) is 33.3 Å². The molecule has 1 rings (SSSR count). The van der Waals surface area contributed by atoms with Gasteiger partial charge in [0.05, 0.1) is 9.26 Å². The maximum absolute atomic E-state index is 11.6. The summed E-state index contributed by atoms with van der Waals surface area (Å²) in [6.07, 6.45) is 0. The lowest BCUT2D eigenvalue weighted by molar-refractivity contribution is -0.0211. The smallest absolute Gasteiger partial charge is 0.264 e. The minimum absolute atomic E-state index is 0.106. The molecule has 0 fully saturated rings. The van der Waals surface area contributed by atoms with E-state index < -0.39 is 5.60 Å². The van der Waals surface area contributed by atoms with Gasteiger partial charge in [-0.1, -0.05) is 0 Å². The quantitative estimate of drug-likeness (QED) is 0.866. The van der Waals surface area contributed by atoms with E-state index in [1.54, 1.807) is 0 Å². The van der Waals surface area contributed by atoms with Crippen LogP contribution < -0.4 is 5.56 Å². The van der Waals surface area contributed by atoms with Gasteiger partial charge in [0.15, 0.2) is 0 Å². The highest BCUT2D eigenvalue weighted by molar-refractivity contribution is 14.1. The van der Waals surface area contributed by atoms with Crippen molar-refractivity contribution >= 4 is 22.6 Å². The van der Waals surface area contributed by atoms with E-state index in [1.165, 1.54) is 0 Å². The van der Waals surface area contributed by atoms with Gasteiger partial charge in [-0.25, -0.2) is 4.98 Å². The summed E-state index contributed by atoms with van der Waals surface area (Å²) in [5.74, 6) is 0.576. The molecule has 15 heavy (non-hydrogen) atoms. The first-order valence-corrected chi connectivity index (χ1v) is 5.87. The van der Waals surface area contributed by atoms with Crippen molar-refractivity contribution in [3.8, 4) is 0 Å². The molecule has 0 aliphatic rings. The molecule has 0 atom stereocenters. The number of H-pyrrole nitrogens is 1. The molecule has 0 aromatic carbocycles. The van der Waals surface area contributed by atoms with E-state index in [-0.39, 0.29) is 5.56 Å². The van der Waals surface area contributed by atoms with Gasteiger partial charge in [-0.2, -0.15) is 0 Å².